The summed E-state index contributed by atoms with van der Waals surface area (Å²) in [6, 6.07) is 0. The maximum absolute atomic E-state index is 12.6. The summed E-state index contributed by atoms with van der Waals surface area (Å²) in [6.45, 7) is 5.48. The van der Waals surface area contributed by atoms with E-state index in [0.717, 1.165) is 25.1 Å². The predicted molar refractivity (Wildman–Crippen MR) is 109 cm³/mol. The number of thiazole rings is 1. The number of hydrogen-bond acceptors (Lipinski definition) is 5. The molecule has 0 saturated heterocycles. The van der Waals surface area contributed by atoms with Crippen LogP contribution in [-0.2, 0) is 9.59 Å². The van der Waals surface area contributed by atoms with Gasteiger partial charge in [0, 0.05) is 24.9 Å². The average Bonchev–Trinajstić information content (AvgIpc) is 2.99. The number of nitrogens with zero attached hydrogens (tertiary/aromatic N) is 3. The smallest absolute Gasteiger partial charge is 0.245 e. The fraction of sp³-hybridized carbons (Fsp3) is 0.737. The summed E-state index contributed by atoms with van der Waals surface area (Å²) in [4.78, 5) is 32.8. The molecule has 0 aliphatic rings. The van der Waals surface area contributed by atoms with Crippen molar-refractivity contribution in [1.29, 1.82) is 0 Å². The Morgan fingerprint density at radius 2 is 1.81 bits per heavy atom. The number of aryl methyl sites for hydroxylation is 1. The van der Waals surface area contributed by atoms with Gasteiger partial charge in [-0.25, -0.2) is 4.98 Å². The van der Waals surface area contributed by atoms with Crippen molar-refractivity contribution in [2.45, 2.75) is 58.8 Å². The van der Waals surface area contributed by atoms with E-state index in [1.165, 1.54) is 37.0 Å². The van der Waals surface area contributed by atoms with Crippen LogP contribution in [0.1, 0.15) is 57.6 Å². The summed E-state index contributed by atoms with van der Waals surface area (Å²) in [5.41, 5.74) is 0.883. The molecule has 6 nitrogen and oxygen atoms in total. The summed E-state index contributed by atoms with van der Waals surface area (Å²) >= 11 is 1.40. The zero-order valence-corrected chi connectivity index (χ0v) is 17.5. The summed E-state index contributed by atoms with van der Waals surface area (Å²) in [5, 5.41) is 5.27. The molecule has 7 heteroatoms. The first-order chi connectivity index (χ1) is 12.4. The van der Waals surface area contributed by atoms with E-state index in [1.807, 2.05) is 31.3 Å². The number of carbonyl (C=O) groups is 2. The summed E-state index contributed by atoms with van der Waals surface area (Å²) in [5.74, 6) is -0.123. The van der Waals surface area contributed by atoms with E-state index in [-0.39, 0.29) is 18.4 Å². The average molecular weight is 383 g/mol. The second-order valence-corrected chi connectivity index (χ2v) is 7.84. The molecular weight excluding hydrogens is 348 g/mol. The number of carbonyl (C=O) groups excluding carboxylic acids is 2. The van der Waals surface area contributed by atoms with Gasteiger partial charge in [-0.1, -0.05) is 39.0 Å². The minimum Gasteiger partial charge on any atom is -0.332 e. The van der Waals surface area contributed by atoms with Gasteiger partial charge < -0.3 is 15.1 Å². The van der Waals surface area contributed by atoms with Crippen molar-refractivity contribution in [3.05, 3.63) is 11.1 Å². The third-order valence-corrected chi connectivity index (χ3v) is 4.99. The molecule has 1 aromatic heterocycles. The van der Waals surface area contributed by atoms with Crippen LogP contribution in [0, 0.1) is 6.92 Å². The molecule has 0 atom stereocenters. The number of hydrogen-bond donors (Lipinski definition) is 1. The van der Waals surface area contributed by atoms with E-state index in [0.29, 0.717) is 18.1 Å². The lowest BCUT2D eigenvalue weighted by Gasteiger charge is -2.24. The predicted octanol–water partition coefficient (Wildman–Crippen LogP) is 3.53. The molecule has 1 rings (SSSR count). The Morgan fingerprint density at radius 3 is 2.42 bits per heavy atom. The highest BCUT2D eigenvalue weighted by Gasteiger charge is 2.17. The van der Waals surface area contributed by atoms with Crippen LogP contribution in [0.3, 0.4) is 0 Å². The summed E-state index contributed by atoms with van der Waals surface area (Å²) in [6.07, 6.45) is 7.41. The van der Waals surface area contributed by atoms with Crippen LogP contribution in [0.4, 0.5) is 5.13 Å². The minimum atomic E-state index is -0.186. The van der Waals surface area contributed by atoms with Crippen molar-refractivity contribution in [1.82, 2.24) is 14.8 Å². The van der Waals surface area contributed by atoms with E-state index in [1.54, 1.807) is 4.90 Å². The van der Waals surface area contributed by atoms with E-state index >= 15 is 0 Å². The molecule has 0 aliphatic carbocycles. The highest BCUT2D eigenvalue weighted by atomic mass is 32.1. The molecule has 0 bridgehead atoms. The zero-order valence-electron chi connectivity index (χ0n) is 16.7. The second-order valence-electron chi connectivity index (χ2n) is 6.98. The quantitative estimate of drug-likeness (QED) is 0.530. The lowest BCUT2D eigenvalue weighted by Crippen LogP contribution is -2.41. The van der Waals surface area contributed by atoms with Crippen molar-refractivity contribution in [2.24, 2.45) is 0 Å². The highest BCUT2D eigenvalue weighted by Crippen LogP contribution is 2.14. The zero-order chi connectivity index (χ0) is 19.4. The van der Waals surface area contributed by atoms with Crippen molar-refractivity contribution >= 4 is 28.3 Å². The number of aromatic nitrogens is 1. The maximum Gasteiger partial charge on any atom is 0.245 e. The fourth-order valence-electron chi connectivity index (χ4n) is 2.57. The molecule has 0 unspecified atom stereocenters. The first kappa shape index (κ1) is 22.6. The standard InChI is InChI=1S/C19H34N4O2S/c1-5-6-7-8-9-10-11-18(25)23(13-12-22(3)4)14-17(24)21-19-20-16(2)15-26-19/h15H,5-14H2,1-4H3,(H,20,21,24). The Bertz CT molecular complexity index is 545. The molecule has 0 saturated carbocycles. The topological polar surface area (TPSA) is 65.5 Å². The van der Waals surface area contributed by atoms with Crippen LogP contribution in [0.2, 0.25) is 0 Å². The van der Waals surface area contributed by atoms with Crippen LogP contribution in [0.15, 0.2) is 5.38 Å². The summed E-state index contributed by atoms with van der Waals surface area (Å²) in [7, 11) is 3.93. The van der Waals surface area contributed by atoms with Gasteiger partial charge in [-0.15, -0.1) is 11.3 Å². The van der Waals surface area contributed by atoms with Crippen LogP contribution >= 0.6 is 11.3 Å². The van der Waals surface area contributed by atoms with Crippen LogP contribution in [0.25, 0.3) is 0 Å². The molecule has 0 radical (unpaired) electrons. The Morgan fingerprint density at radius 1 is 1.12 bits per heavy atom. The van der Waals surface area contributed by atoms with Crippen LogP contribution in [-0.4, -0.2) is 60.3 Å². The van der Waals surface area contributed by atoms with E-state index in [9.17, 15) is 9.59 Å². The molecule has 1 N–H and O–H groups in total. The Kier molecular flexibility index (Phi) is 11.1. The normalized spacial score (nSPS) is 11.0. The van der Waals surface area contributed by atoms with Crippen LogP contribution in [0.5, 0.6) is 0 Å². The number of unbranched alkanes of at least 4 members (excludes halogenated alkanes) is 5. The third-order valence-electron chi connectivity index (χ3n) is 4.11. The first-order valence-electron chi connectivity index (χ1n) is 9.56. The number of nitrogens with one attached hydrogen (secondary N) is 1. The minimum absolute atomic E-state index is 0.0628. The van der Waals surface area contributed by atoms with Gasteiger partial charge in [-0.3, -0.25) is 9.59 Å². The molecule has 0 aliphatic heterocycles. The lowest BCUT2D eigenvalue weighted by molar-refractivity contribution is -0.135. The van der Waals surface area contributed by atoms with Gasteiger partial charge in [0.25, 0.3) is 0 Å². The number of amides is 2. The van der Waals surface area contributed by atoms with Gasteiger partial charge in [0.05, 0.1) is 12.2 Å². The van der Waals surface area contributed by atoms with Gasteiger partial charge in [0.2, 0.25) is 11.8 Å². The molecule has 2 amide bonds. The molecule has 0 aromatic carbocycles. The molecular formula is C19H34N4O2S. The molecule has 26 heavy (non-hydrogen) atoms. The van der Waals surface area contributed by atoms with Crippen molar-refractivity contribution in [3.63, 3.8) is 0 Å². The molecule has 1 aromatic rings. The number of anilines is 1. The molecule has 148 valence electrons. The highest BCUT2D eigenvalue weighted by molar-refractivity contribution is 7.13. The van der Waals surface area contributed by atoms with Gasteiger partial charge in [-0.05, 0) is 27.4 Å². The van der Waals surface area contributed by atoms with E-state index in [2.05, 4.69) is 17.2 Å². The Labute approximate surface area is 162 Å². The van der Waals surface area contributed by atoms with Gasteiger partial charge in [0.1, 0.15) is 0 Å². The van der Waals surface area contributed by atoms with Gasteiger partial charge >= 0.3 is 0 Å². The van der Waals surface area contributed by atoms with Crippen LogP contribution < -0.4 is 5.32 Å². The van der Waals surface area contributed by atoms with E-state index in [4.69, 9.17) is 0 Å². The Balaban J connectivity index is 2.45. The number of rotatable bonds is 13. The first-order valence-corrected chi connectivity index (χ1v) is 10.4. The lowest BCUT2D eigenvalue weighted by atomic mass is 10.1. The maximum atomic E-state index is 12.6. The van der Waals surface area contributed by atoms with Crippen molar-refractivity contribution in [3.8, 4) is 0 Å². The van der Waals surface area contributed by atoms with Gasteiger partial charge in [0.15, 0.2) is 5.13 Å². The van der Waals surface area contributed by atoms with Gasteiger partial charge in [-0.2, -0.15) is 0 Å². The second kappa shape index (κ2) is 12.8. The fourth-order valence-corrected chi connectivity index (χ4v) is 3.28. The SMILES string of the molecule is CCCCCCCCC(=O)N(CCN(C)C)CC(=O)Nc1nc(C)cs1. The molecule has 0 spiro atoms. The third kappa shape index (κ3) is 9.87. The molecule has 1 heterocycles. The Hall–Kier alpha value is -1.47. The van der Waals surface area contributed by atoms with Crippen molar-refractivity contribution < 1.29 is 9.59 Å². The monoisotopic (exact) mass is 382 g/mol. The largest absolute Gasteiger partial charge is 0.332 e. The number of likely N-dealkylation sites (N-methyl/N-ethyl adjacent to an activating group) is 1. The summed E-state index contributed by atoms with van der Waals surface area (Å²) < 4.78 is 0. The van der Waals surface area contributed by atoms with Crippen molar-refractivity contribution in [2.75, 3.05) is 39.0 Å². The molecule has 0 fully saturated rings. The van der Waals surface area contributed by atoms with E-state index < -0.39 is 0 Å².